The van der Waals surface area contributed by atoms with Crippen LogP contribution in [0.4, 0.5) is 17.6 Å². The zero-order valence-electron chi connectivity index (χ0n) is 19.2. The molecule has 2 aromatic rings. The monoisotopic (exact) mass is 489 g/mol. The van der Waals surface area contributed by atoms with Crippen LogP contribution in [-0.2, 0) is 22.3 Å². The quantitative estimate of drug-likeness (QED) is 0.385. The van der Waals surface area contributed by atoms with Gasteiger partial charge in [-0.2, -0.15) is 13.2 Å². The number of hydrogen-bond donors (Lipinski definition) is 2. The zero-order chi connectivity index (χ0) is 25.3. The van der Waals surface area contributed by atoms with Crippen LogP contribution >= 0.6 is 0 Å². The summed E-state index contributed by atoms with van der Waals surface area (Å²) in [6.07, 6.45) is -5.80. The van der Waals surface area contributed by atoms with Crippen molar-refractivity contribution in [2.24, 2.45) is 0 Å². The lowest BCUT2D eigenvalue weighted by molar-refractivity contribution is -0.140. The molecular formula is C23H27F4NO4S. The summed E-state index contributed by atoms with van der Waals surface area (Å²) in [4.78, 5) is 11.5. The van der Waals surface area contributed by atoms with Crippen LogP contribution in [0.3, 0.4) is 0 Å². The summed E-state index contributed by atoms with van der Waals surface area (Å²) in [5.74, 6) is -2.55. The van der Waals surface area contributed by atoms with Gasteiger partial charge in [0.25, 0.3) is 0 Å². The Morgan fingerprint density at radius 1 is 1.21 bits per heavy atom. The normalized spacial score (nSPS) is 14.2. The molecule has 0 fully saturated rings. The molecule has 2 rings (SSSR count). The second kappa shape index (κ2) is 9.90. The van der Waals surface area contributed by atoms with Crippen molar-refractivity contribution in [2.45, 2.75) is 58.0 Å². The highest BCUT2D eigenvalue weighted by molar-refractivity contribution is 7.90. The number of aliphatic carboxylic acids is 1. The maximum absolute atomic E-state index is 15.2. The number of carboxylic acid groups (broad SMARTS) is 1. The first-order valence-corrected chi connectivity index (χ1v) is 11.2. The summed E-state index contributed by atoms with van der Waals surface area (Å²) < 4.78 is 76.1. The lowest BCUT2D eigenvalue weighted by Gasteiger charge is -2.28. The number of methoxy groups -OCH3 is 1. The van der Waals surface area contributed by atoms with E-state index < -0.39 is 57.7 Å². The number of aryl methyl sites for hydroxylation is 1. The molecule has 0 saturated carbocycles. The Morgan fingerprint density at radius 3 is 2.30 bits per heavy atom. The lowest BCUT2D eigenvalue weighted by Crippen LogP contribution is -2.42. The Kier molecular flexibility index (Phi) is 8.09. The van der Waals surface area contributed by atoms with Gasteiger partial charge in [0.05, 0.1) is 25.1 Å². The third-order valence-electron chi connectivity index (χ3n) is 5.10. The molecule has 33 heavy (non-hydrogen) atoms. The second-order valence-electron chi connectivity index (χ2n) is 8.66. The largest absolute Gasteiger partial charge is 0.598 e. The van der Waals surface area contributed by atoms with Crippen molar-refractivity contribution in [1.29, 1.82) is 0 Å². The molecule has 0 amide bonds. The average molecular weight is 490 g/mol. The van der Waals surface area contributed by atoms with Crippen LogP contribution < -0.4 is 9.46 Å². The minimum atomic E-state index is -5.04. The molecule has 5 nitrogen and oxygen atoms in total. The summed E-state index contributed by atoms with van der Waals surface area (Å²) in [5.41, 5.74) is -0.431. The zero-order valence-corrected chi connectivity index (χ0v) is 20.0. The number of carbonyl (C=O) groups is 1. The molecule has 0 aliphatic heterocycles. The average Bonchev–Trinajstić information content (AvgIpc) is 2.66. The van der Waals surface area contributed by atoms with Gasteiger partial charge in [-0.3, -0.25) is 4.79 Å². The van der Waals surface area contributed by atoms with Crippen molar-refractivity contribution in [3.63, 3.8) is 0 Å². The maximum Gasteiger partial charge on any atom is 0.419 e. The van der Waals surface area contributed by atoms with Crippen molar-refractivity contribution in [3.05, 3.63) is 52.3 Å². The minimum absolute atomic E-state index is 0.0476. The van der Waals surface area contributed by atoms with Crippen molar-refractivity contribution in [2.75, 3.05) is 7.11 Å². The lowest BCUT2D eigenvalue weighted by atomic mass is 9.90. The van der Waals surface area contributed by atoms with Crippen molar-refractivity contribution in [1.82, 2.24) is 4.72 Å². The highest BCUT2D eigenvalue weighted by Crippen LogP contribution is 2.41. The van der Waals surface area contributed by atoms with Gasteiger partial charge in [0.15, 0.2) is 0 Å². The molecule has 10 heteroatoms. The van der Waals surface area contributed by atoms with Gasteiger partial charge in [0.1, 0.15) is 16.3 Å². The van der Waals surface area contributed by atoms with Crippen LogP contribution in [0, 0.1) is 19.7 Å². The van der Waals surface area contributed by atoms with Gasteiger partial charge in [-0.25, -0.2) is 4.39 Å². The van der Waals surface area contributed by atoms with Crippen molar-refractivity contribution in [3.8, 4) is 16.9 Å². The van der Waals surface area contributed by atoms with Crippen LogP contribution in [0.15, 0.2) is 24.3 Å². The third kappa shape index (κ3) is 6.18. The molecular weight excluding hydrogens is 462 g/mol. The van der Waals surface area contributed by atoms with E-state index in [9.17, 15) is 27.6 Å². The smallest absolute Gasteiger partial charge is 0.419 e. The SMILES string of the molecule is COc1ccc(C)c(-c2cc(C(CC(=O)O)N[S@+]([O-])C(C)(C)C)c(F)c(C(F)(F)F)c2)c1C. The van der Waals surface area contributed by atoms with E-state index in [0.717, 1.165) is 0 Å². The van der Waals surface area contributed by atoms with Gasteiger partial charge in [-0.1, -0.05) is 6.07 Å². The van der Waals surface area contributed by atoms with Gasteiger partial charge in [0.2, 0.25) is 0 Å². The van der Waals surface area contributed by atoms with Gasteiger partial charge >= 0.3 is 12.1 Å². The molecule has 0 spiro atoms. The fraction of sp³-hybridized carbons (Fsp3) is 0.435. The van der Waals surface area contributed by atoms with Gasteiger partial charge < -0.3 is 14.4 Å². The van der Waals surface area contributed by atoms with Crippen molar-refractivity contribution < 1.29 is 36.8 Å². The third-order valence-corrected chi connectivity index (χ3v) is 6.71. The van der Waals surface area contributed by atoms with E-state index >= 15 is 4.39 Å². The Bertz CT molecular complexity index is 1030. The topological polar surface area (TPSA) is 81.6 Å². The maximum atomic E-state index is 15.2. The molecule has 2 atom stereocenters. The van der Waals surface area contributed by atoms with Crippen LogP contribution in [0.25, 0.3) is 11.1 Å². The first-order chi connectivity index (χ1) is 15.1. The fourth-order valence-electron chi connectivity index (χ4n) is 3.44. The molecule has 2 N–H and O–H groups in total. The second-order valence-corrected chi connectivity index (χ2v) is 10.7. The number of nitrogens with one attached hydrogen (secondary N) is 1. The Balaban J connectivity index is 2.83. The number of alkyl halides is 3. The van der Waals surface area contributed by atoms with E-state index in [2.05, 4.69) is 4.72 Å². The number of benzene rings is 2. The van der Waals surface area contributed by atoms with Gasteiger partial charge in [-0.15, -0.1) is 4.72 Å². The molecule has 0 aliphatic carbocycles. The molecule has 0 heterocycles. The number of hydrogen-bond acceptors (Lipinski definition) is 4. The Morgan fingerprint density at radius 2 is 1.82 bits per heavy atom. The number of rotatable bonds is 7. The van der Waals surface area contributed by atoms with E-state index in [-0.39, 0.29) is 5.56 Å². The minimum Gasteiger partial charge on any atom is -0.598 e. The summed E-state index contributed by atoms with van der Waals surface area (Å²) >= 11 is -1.87. The molecule has 0 aliphatic rings. The summed E-state index contributed by atoms with van der Waals surface area (Å²) in [6, 6.07) is 3.75. The number of carboxylic acids is 1. The molecule has 0 bridgehead atoms. The summed E-state index contributed by atoms with van der Waals surface area (Å²) in [7, 11) is 1.42. The highest BCUT2D eigenvalue weighted by atomic mass is 32.2. The molecule has 1 unspecified atom stereocenters. The highest BCUT2D eigenvalue weighted by Gasteiger charge is 2.39. The first kappa shape index (κ1) is 26.9. The van der Waals surface area contributed by atoms with E-state index in [0.29, 0.717) is 28.5 Å². The predicted molar refractivity (Wildman–Crippen MR) is 119 cm³/mol. The van der Waals surface area contributed by atoms with Crippen LogP contribution in [-0.4, -0.2) is 27.5 Å². The predicted octanol–water partition coefficient (Wildman–Crippen LogP) is 5.70. The van der Waals surface area contributed by atoms with Gasteiger partial charge in [0, 0.05) is 16.9 Å². The van der Waals surface area contributed by atoms with E-state index in [1.807, 2.05) is 0 Å². The summed E-state index contributed by atoms with van der Waals surface area (Å²) in [5, 5.41) is 9.32. The molecule has 0 radical (unpaired) electrons. The Hall–Kier alpha value is -2.30. The molecule has 0 aromatic heterocycles. The van der Waals surface area contributed by atoms with E-state index in [1.54, 1.807) is 46.8 Å². The number of halogens is 4. The van der Waals surface area contributed by atoms with Crippen LogP contribution in [0.1, 0.15) is 55.5 Å². The molecule has 182 valence electrons. The first-order valence-electron chi connectivity index (χ1n) is 10.0. The Labute approximate surface area is 193 Å². The van der Waals surface area contributed by atoms with Crippen molar-refractivity contribution >= 4 is 17.3 Å². The molecule has 2 aromatic carbocycles. The standard InChI is InChI=1S/C23H27F4NO4S/c1-12-7-8-18(32-6)13(2)20(12)14-9-15(21(24)16(10-14)23(25,26)27)17(11-19(29)30)28-33(31)22(3,4)5/h7-10,17,28H,11H2,1-6H3,(H,29,30)/t17?,33-/m1/s1. The number of ether oxygens (including phenoxy) is 1. The summed E-state index contributed by atoms with van der Waals surface area (Å²) in [6.45, 7) is 8.17. The van der Waals surface area contributed by atoms with Crippen LogP contribution in [0.2, 0.25) is 0 Å². The van der Waals surface area contributed by atoms with E-state index in [1.165, 1.54) is 13.2 Å². The fourth-order valence-corrected chi connectivity index (χ4v) is 4.26. The van der Waals surface area contributed by atoms with Crippen LogP contribution in [0.5, 0.6) is 5.75 Å². The molecule has 0 saturated heterocycles. The van der Waals surface area contributed by atoms with E-state index in [4.69, 9.17) is 4.74 Å². The van der Waals surface area contributed by atoms with Gasteiger partial charge in [-0.05, 0) is 75.1 Å².